The second kappa shape index (κ2) is 13.1. The Hall–Kier alpha value is -0.900. The van der Waals surface area contributed by atoms with Gasteiger partial charge in [-0.25, -0.2) is 8.78 Å². The lowest BCUT2D eigenvalue weighted by molar-refractivity contribution is 0.259. The van der Waals surface area contributed by atoms with E-state index in [0.717, 1.165) is 18.5 Å². The van der Waals surface area contributed by atoms with E-state index in [4.69, 9.17) is 4.74 Å². The van der Waals surface area contributed by atoms with Crippen LogP contribution in [-0.4, -0.2) is 20.7 Å². The molecule has 4 heteroatoms. The fourth-order valence-electron chi connectivity index (χ4n) is 1.96. The molecular weight excluding hydrogens is 260 g/mol. The van der Waals surface area contributed by atoms with Gasteiger partial charge in [0.15, 0.2) is 11.6 Å². The lowest BCUT2D eigenvalue weighted by atomic mass is 9.89. The highest BCUT2D eigenvalue weighted by molar-refractivity contribution is 5.33. The molecule has 0 heterocycles. The molecule has 0 saturated carbocycles. The SMILES string of the molecule is CC.CC.CNCCC(C)C1=C(OC)C(F)=C(F)CC1. The summed E-state index contributed by atoms with van der Waals surface area (Å²) in [4.78, 5) is 0. The monoisotopic (exact) mass is 291 g/mol. The van der Waals surface area contributed by atoms with Crippen molar-refractivity contribution in [2.24, 2.45) is 5.92 Å². The molecule has 1 unspecified atom stereocenters. The highest BCUT2D eigenvalue weighted by Gasteiger charge is 2.25. The first-order valence-corrected chi connectivity index (χ1v) is 7.58. The predicted octanol–water partition coefficient (Wildman–Crippen LogP) is 5.13. The number of allylic oxidation sites excluding steroid dienone is 3. The first-order chi connectivity index (χ1) is 9.61. The van der Waals surface area contributed by atoms with Crippen LogP contribution in [-0.2, 0) is 4.74 Å². The van der Waals surface area contributed by atoms with Gasteiger partial charge in [0.25, 0.3) is 0 Å². The van der Waals surface area contributed by atoms with Gasteiger partial charge in [-0.05, 0) is 37.9 Å². The van der Waals surface area contributed by atoms with Crippen molar-refractivity contribution >= 4 is 0 Å². The van der Waals surface area contributed by atoms with E-state index < -0.39 is 11.7 Å². The van der Waals surface area contributed by atoms with Crippen LogP contribution in [0.15, 0.2) is 23.0 Å². The van der Waals surface area contributed by atoms with Crippen molar-refractivity contribution in [2.45, 2.75) is 53.9 Å². The first-order valence-electron chi connectivity index (χ1n) is 7.58. The van der Waals surface area contributed by atoms with Crippen molar-refractivity contribution < 1.29 is 13.5 Å². The molecule has 1 N–H and O–H groups in total. The van der Waals surface area contributed by atoms with Crippen molar-refractivity contribution in [3.8, 4) is 0 Å². The van der Waals surface area contributed by atoms with E-state index in [1.807, 2.05) is 41.7 Å². The van der Waals surface area contributed by atoms with E-state index in [1.165, 1.54) is 7.11 Å². The number of nitrogens with one attached hydrogen (secondary N) is 1. The molecular formula is C16H31F2NO. The van der Waals surface area contributed by atoms with E-state index in [0.29, 0.717) is 6.42 Å². The van der Waals surface area contributed by atoms with Gasteiger partial charge in [-0.3, -0.25) is 0 Å². The van der Waals surface area contributed by atoms with E-state index >= 15 is 0 Å². The smallest absolute Gasteiger partial charge is 0.196 e. The van der Waals surface area contributed by atoms with Crippen LogP contribution in [0.3, 0.4) is 0 Å². The molecule has 0 amide bonds. The molecule has 0 fully saturated rings. The minimum Gasteiger partial charge on any atom is -0.494 e. The third kappa shape index (κ3) is 6.51. The number of hydrogen-bond donors (Lipinski definition) is 1. The molecule has 120 valence electrons. The van der Waals surface area contributed by atoms with Gasteiger partial charge < -0.3 is 10.1 Å². The highest BCUT2D eigenvalue weighted by Crippen LogP contribution is 2.36. The van der Waals surface area contributed by atoms with E-state index in [-0.39, 0.29) is 18.1 Å². The van der Waals surface area contributed by atoms with Crippen molar-refractivity contribution in [1.82, 2.24) is 5.32 Å². The molecule has 2 nitrogen and oxygen atoms in total. The molecule has 0 saturated heterocycles. The molecule has 0 aromatic heterocycles. The minimum absolute atomic E-state index is 0.104. The molecule has 0 aromatic carbocycles. The lowest BCUT2D eigenvalue weighted by Gasteiger charge is -2.22. The van der Waals surface area contributed by atoms with Gasteiger partial charge >= 0.3 is 0 Å². The summed E-state index contributed by atoms with van der Waals surface area (Å²) >= 11 is 0. The normalized spacial score (nSPS) is 15.8. The number of halogens is 2. The summed E-state index contributed by atoms with van der Waals surface area (Å²) in [5, 5.41) is 3.05. The maximum Gasteiger partial charge on any atom is 0.196 e. The fourth-order valence-corrected chi connectivity index (χ4v) is 1.96. The van der Waals surface area contributed by atoms with Gasteiger partial charge in [-0.1, -0.05) is 34.6 Å². The van der Waals surface area contributed by atoms with E-state index in [2.05, 4.69) is 5.32 Å². The van der Waals surface area contributed by atoms with Gasteiger partial charge in [0.1, 0.15) is 5.83 Å². The summed E-state index contributed by atoms with van der Waals surface area (Å²) in [6.45, 7) is 10.9. The van der Waals surface area contributed by atoms with Gasteiger partial charge in [-0.2, -0.15) is 0 Å². The standard InChI is InChI=1S/C12H19F2NO.2C2H6/c1-8(6-7-15-2)9-4-5-10(13)11(14)12(9)16-3;2*1-2/h8,15H,4-7H2,1-3H3;2*1-2H3. The molecule has 20 heavy (non-hydrogen) atoms. The number of rotatable bonds is 5. The molecule has 1 aliphatic carbocycles. The molecule has 0 bridgehead atoms. The van der Waals surface area contributed by atoms with Crippen molar-refractivity contribution in [3.05, 3.63) is 23.0 Å². The second-order valence-corrected chi connectivity index (χ2v) is 4.07. The maximum absolute atomic E-state index is 13.5. The van der Waals surface area contributed by atoms with Gasteiger partial charge in [0.2, 0.25) is 0 Å². The quantitative estimate of drug-likeness (QED) is 0.758. The number of hydrogen-bond acceptors (Lipinski definition) is 2. The summed E-state index contributed by atoms with van der Waals surface area (Å²) in [6, 6.07) is 0. The highest BCUT2D eigenvalue weighted by atomic mass is 19.2. The third-order valence-corrected chi connectivity index (χ3v) is 2.97. The Labute approximate surface area is 123 Å². The van der Waals surface area contributed by atoms with Gasteiger partial charge in [0, 0.05) is 6.42 Å². The Balaban J connectivity index is 0. The molecule has 1 aliphatic rings. The zero-order chi connectivity index (χ0) is 16.1. The van der Waals surface area contributed by atoms with E-state index in [1.54, 1.807) is 0 Å². The number of ether oxygens (including phenoxy) is 1. The fraction of sp³-hybridized carbons (Fsp3) is 0.750. The Morgan fingerprint density at radius 3 is 2.15 bits per heavy atom. The van der Waals surface area contributed by atoms with Gasteiger partial charge in [0.05, 0.1) is 7.11 Å². The molecule has 0 radical (unpaired) electrons. The molecule has 1 atom stereocenters. The average molecular weight is 291 g/mol. The summed E-state index contributed by atoms with van der Waals surface area (Å²) in [5.41, 5.74) is 0.886. The summed E-state index contributed by atoms with van der Waals surface area (Å²) in [5.74, 6) is -1.20. The van der Waals surface area contributed by atoms with Crippen LogP contribution in [0.4, 0.5) is 8.78 Å². The summed E-state index contributed by atoms with van der Waals surface area (Å²) in [7, 11) is 3.26. The lowest BCUT2D eigenvalue weighted by Crippen LogP contribution is -2.16. The zero-order valence-corrected chi connectivity index (χ0v) is 14.1. The summed E-state index contributed by atoms with van der Waals surface area (Å²) < 4.78 is 31.5. The largest absolute Gasteiger partial charge is 0.494 e. The summed E-state index contributed by atoms with van der Waals surface area (Å²) in [6.07, 6.45) is 1.60. The van der Waals surface area contributed by atoms with Crippen molar-refractivity contribution in [3.63, 3.8) is 0 Å². The van der Waals surface area contributed by atoms with Crippen molar-refractivity contribution in [2.75, 3.05) is 20.7 Å². The number of methoxy groups -OCH3 is 1. The topological polar surface area (TPSA) is 21.3 Å². The Kier molecular flexibility index (Phi) is 14.0. The first kappa shape index (κ1) is 21.4. The molecule has 0 aliphatic heterocycles. The van der Waals surface area contributed by atoms with Crippen LogP contribution in [0.25, 0.3) is 0 Å². The van der Waals surface area contributed by atoms with E-state index in [9.17, 15) is 8.78 Å². The Morgan fingerprint density at radius 1 is 1.15 bits per heavy atom. The van der Waals surface area contributed by atoms with Crippen molar-refractivity contribution in [1.29, 1.82) is 0 Å². The minimum atomic E-state index is -0.819. The molecule has 0 aromatic rings. The zero-order valence-electron chi connectivity index (χ0n) is 14.1. The van der Waals surface area contributed by atoms with Crippen LogP contribution >= 0.6 is 0 Å². The second-order valence-electron chi connectivity index (χ2n) is 4.07. The molecule has 1 rings (SSSR count). The van der Waals surface area contributed by atoms with Crippen LogP contribution in [0.2, 0.25) is 0 Å². The third-order valence-electron chi connectivity index (χ3n) is 2.97. The average Bonchev–Trinajstić information content (AvgIpc) is 2.51. The van der Waals surface area contributed by atoms with Crippen LogP contribution in [0.5, 0.6) is 0 Å². The predicted molar refractivity (Wildman–Crippen MR) is 82.9 cm³/mol. The van der Waals surface area contributed by atoms with Gasteiger partial charge in [-0.15, -0.1) is 0 Å². The van der Waals surface area contributed by atoms with Crippen LogP contribution < -0.4 is 5.32 Å². The molecule has 0 spiro atoms. The maximum atomic E-state index is 13.5. The van der Waals surface area contributed by atoms with Crippen LogP contribution in [0, 0.1) is 5.92 Å². The Bertz CT molecular complexity index is 312. The van der Waals surface area contributed by atoms with Crippen LogP contribution in [0.1, 0.15) is 53.9 Å². The Morgan fingerprint density at radius 2 is 1.70 bits per heavy atom.